The van der Waals surface area contributed by atoms with Crippen LogP contribution in [-0.4, -0.2) is 23.9 Å². The molecule has 90 valence electrons. The maximum absolute atomic E-state index is 11.3. The Kier molecular flexibility index (Phi) is 5.05. The van der Waals surface area contributed by atoms with Gasteiger partial charge in [-0.3, -0.25) is 5.32 Å². The first-order valence-electron chi connectivity index (χ1n) is 5.29. The highest BCUT2D eigenvalue weighted by atomic mass is 16.6. The summed E-state index contributed by atoms with van der Waals surface area (Å²) in [5.41, 5.74) is 1.33. The van der Waals surface area contributed by atoms with Gasteiger partial charge in [0.1, 0.15) is 6.61 Å². The highest BCUT2D eigenvalue weighted by Crippen LogP contribution is 2.10. The first kappa shape index (κ1) is 13.1. The van der Waals surface area contributed by atoms with Crippen molar-refractivity contribution in [3.8, 4) is 11.8 Å². The van der Waals surface area contributed by atoms with Gasteiger partial charge in [0.15, 0.2) is 0 Å². The van der Waals surface area contributed by atoms with Gasteiger partial charge in [-0.05, 0) is 32.0 Å². The fourth-order valence-corrected chi connectivity index (χ4v) is 1.18. The van der Waals surface area contributed by atoms with Crippen LogP contribution >= 0.6 is 0 Å². The van der Waals surface area contributed by atoms with Crippen LogP contribution in [0.3, 0.4) is 0 Å². The van der Waals surface area contributed by atoms with Gasteiger partial charge in [-0.1, -0.05) is 17.9 Å². The van der Waals surface area contributed by atoms with Gasteiger partial charge >= 0.3 is 6.09 Å². The zero-order valence-electron chi connectivity index (χ0n) is 9.86. The molecule has 1 rings (SSSR count). The number of carbonyl (C=O) groups excluding carboxylic acids is 1. The SMILES string of the molecule is CC(C)OC(=O)Nc1cccc(C#CCO)c1. The molecule has 17 heavy (non-hydrogen) atoms. The number of anilines is 1. The summed E-state index contributed by atoms with van der Waals surface area (Å²) in [5, 5.41) is 11.2. The Hall–Kier alpha value is -1.99. The second-order valence-electron chi connectivity index (χ2n) is 3.62. The lowest BCUT2D eigenvalue weighted by molar-refractivity contribution is 0.130. The minimum Gasteiger partial charge on any atom is -0.447 e. The van der Waals surface area contributed by atoms with Crippen LogP contribution in [0.25, 0.3) is 0 Å². The summed E-state index contributed by atoms with van der Waals surface area (Å²) in [4.78, 5) is 11.3. The van der Waals surface area contributed by atoms with Crippen LogP contribution in [0.5, 0.6) is 0 Å². The van der Waals surface area contributed by atoms with Crippen molar-refractivity contribution in [1.29, 1.82) is 0 Å². The molecule has 1 aromatic rings. The van der Waals surface area contributed by atoms with E-state index in [1.165, 1.54) is 0 Å². The third-order valence-electron chi connectivity index (χ3n) is 1.76. The molecule has 0 atom stereocenters. The number of amides is 1. The summed E-state index contributed by atoms with van der Waals surface area (Å²) in [6, 6.07) is 7.02. The number of rotatable bonds is 2. The average molecular weight is 233 g/mol. The monoisotopic (exact) mass is 233 g/mol. The van der Waals surface area contributed by atoms with Crippen LogP contribution in [0.15, 0.2) is 24.3 Å². The van der Waals surface area contributed by atoms with Gasteiger partial charge in [-0.25, -0.2) is 4.79 Å². The molecule has 0 unspecified atom stereocenters. The Labute approximate surface area is 101 Å². The van der Waals surface area contributed by atoms with Crippen LogP contribution < -0.4 is 5.32 Å². The molecule has 4 heteroatoms. The fraction of sp³-hybridized carbons (Fsp3) is 0.308. The van der Waals surface area contributed by atoms with Crippen LogP contribution in [0.2, 0.25) is 0 Å². The predicted octanol–water partition coefficient (Wildman–Crippen LogP) is 1.99. The van der Waals surface area contributed by atoms with E-state index in [2.05, 4.69) is 17.2 Å². The van der Waals surface area contributed by atoms with E-state index in [4.69, 9.17) is 9.84 Å². The number of aliphatic hydroxyl groups is 1. The normalized spacial score (nSPS) is 9.41. The predicted molar refractivity (Wildman–Crippen MR) is 65.6 cm³/mol. The molecule has 0 radical (unpaired) electrons. The molecule has 4 nitrogen and oxygen atoms in total. The molecule has 0 aliphatic carbocycles. The Bertz CT molecular complexity index is 443. The first-order chi connectivity index (χ1) is 8.11. The minimum absolute atomic E-state index is 0.160. The molecule has 2 N–H and O–H groups in total. The number of ether oxygens (including phenoxy) is 1. The van der Waals surface area contributed by atoms with E-state index < -0.39 is 6.09 Å². The number of nitrogens with one attached hydrogen (secondary N) is 1. The molecule has 0 aliphatic rings. The maximum Gasteiger partial charge on any atom is 0.411 e. The molecule has 0 aromatic heterocycles. The van der Waals surface area contributed by atoms with Crippen molar-refractivity contribution in [2.45, 2.75) is 20.0 Å². The number of carbonyl (C=O) groups is 1. The van der Waals surface area contributed by atoms with Gasteiger partial charge in [-0.15, -0.1) is 0 Å². The van der Waals surface area contributed by atoms with Crippen molar-refractivity contribution in [2.24, 2.45) is 0 Å². The summed E-state index contributed by atoms with van der Waals surface area (Å²) in [5.74, 6) is 5.30. The molecule has 0 bridgehead atoms. The third-order valence-corrected chi connectivity index (χ3v) is 1.76. The van der Waals surface area contributed by atoms with E-state index in [1.807, 2.05) is 0 Å². The molecular weight excluding hydrogens is 218 g/mol. The largest absolute Gasteiger partial charge is 0.447 e. The smallest absolute Gasteiger partial charge is 0.411 e. The highest BCUT2D eigenvalue weighted by Gasteiger charge is 2.05. The van der Waals surface area contributed by atoms with Crippen LogP contribution in [-0.2, 0) is 4.74 Å². The molecule has 0 saturated carbocycles. The molecule has 1 amide bonds. The van der Waals surface area contributed by atoms with Gasteiger partial charge in [0.05, 0.1) is 6.10 Å². The van der Waals surface area contributed by atoms with Crippen molar-refractivity contribution in [1.82, 2.24) is 0 Å². The summed E-state index contributed by atoms with van der Waals surface area (Å²) < 4.78 is 4.95. The zero-order chi connectivity index (χ0) is 12.7. The number of hydrogen-bond acceptors (Lipinski definition) is 3. The van der Waals surface area contributed by atoms with Crippen LogP contribution in [0, 0.1) is 11.8 Å². The quantitative estimate of drug-likeness (QED) is 0.768. The molecule has 0 saturated heterocycles. The second kappa shape index (κ2) is 6.56. The Morgan fingerprint density at radius 3 is 2.94 bits per heavy atom. The van der Waals surface area contributed by atoms with E-state index in [-0.39, 0.29) is 12.7 Å². The van der Waals surface area contributed by atoms with Gasteiger partial charge in [-0.2, -0.15) is 0 Å². The molecule has 0 spiro atoms. The van der Waals surface area contributed by atoms with Gasteiger partial charge in [0.2, 0.25) is 0 Å². The lowest BCUT2D eigenvalue weighted by Gasteiger charge is -2.09. The zero-order valence-corrected chi connectivity index (χ0v) is 9.86. The summed E-state index contributed by atoms with van der Waals surface area (Å²) >= 11 is 0. The summed E-state index contributed by atoms with van der Waals surface area (Å²) in [7, 11) is 0. The van der Waals surface area contributed by atoms with E-state index in [1.54, 1.807) is 38.1 Å². The lowest BCUT2D eigenvalue weighted by Crippen LogP contribution is -2.17. The number of benzene rings is 1. The second-order valence-corrected chi connectivity index (χ2v) is 3.62. The topological polar surface area (TPSA) is 58.6 Å². The van der Waals surface area contributed by atoms with Crippen molar-refractivity contribution in [2.75, 3.05) is 11.9 Å². The van der Waals surface area contributed by atoms with E-state index in [9.17, 15) is 4.79 Å². The summed E-state index contributed by atoms with van der Waals surface area (Å²) in [6.07, 6.45) is -0.653. The van der Waals surface area contributed by atoms with E-state index in [0.717, 1.165) is 5.56 Å². The Morgan fingerprint density at radius 2 is 2.29 bits per heavy atom. The Balaban J connectivity index is 2.68. The Morgan fingerprint density at radius 1 is 1.53 bits per heavy atom. The number of aliphatic hydroxyl groups excluding tert-OH is 1. The maximum atomic E-state index is 11.3. The van der Waals surface area contributed by atoms with Gasteiger partial charge in [0, 0.05) is 11.3 Å². The molecule has 0 heterocycles. The van der Waals surface area contributed by atoms with Crippen molar-refractivity contribution in [3.05, 3.63) is 29.8 Å². The van der Waals surface area contributed by atoms with Crippen LogP contribution in [0.1, 0.15) is 19.4 Å². The molecule has 0 fully saturated rings. The van der Waals surface area contributed by atoms with E-state index in [0.29, 0.717) is 5.69 Å². The lowest BCUT2D eigenvalue weighted by atomic mass is 10.2. The van der Waals surface area contributed by atoms with Gasteiger partial charge in [0.25, 0.3) is 0 Å². The molecular formula is C13H15NO3. The fourth-order valence-electron chi connectivity index (χ4n) is 1.18. The number of hydrogen-bond donors (Lipinski definition) is 2. The van der Waals surface area contributed by atoms with Crippen molar-refractivity contribution in [3.63, 3.8) is 0 Å². The molecule has 0 aliphatic heterocycles. The summed E-state index contributed by atoms with van der Waals surface area (Å²) in [6.45, 7) is 3.37. The first-order valence-corrected chi connectivity index (χ1v) is 5.29. The third kappa shape index (κ3) is 5.05. The standard InChI is InChI=1S/C13H15NO3/c1-10(2)17-13(16)14-12-7-3-5-11(9-12)6-4-8-15/h3,5,7,9-10,15H,8H2,1-2H3,(H,14,16). The minimum atomic E-state index is -0.493. The highest BCUT2D eigenvalue weighted by molar-refractivity contribution is 5.84. The van der Waals surface area contributed by atoms with Crippen molar-refractivity contribution < 1.29 is 14.6 Å². The van der Waals surface area contributed by atoms with Crippen LogP contribution in [0.4, 0.5) is 10.5 Å². The van der Waals surface area contributed by atoms with Gasteiger partial charge < -0.3 is 9.84 Å². The van der Waals surface area contributed by atoms with E-state index >= 15 is 0 Å². The van der Waals surface area contributed by atoms with Crippen molar-refractivity contribution >= 4 is 11.8 Å². The molecule has 1 aromatic carbocycles. The average Bonchev–Trinajstić information content (AvgIpc) is 2.25.